The first-order valence-electron chi connectivity index (χ1n) is 8.48. The van der Waals surface area contributed by atoms with Gasteiger partial charge in [0.05, 0.1) is 12.1 Å². The molecule has 126 valence electrons. The molecule has 7 nitrogen and oxygen atoms in total. The van der Waals surface area contributed by atoms with Gasteiger partial charge in [-0.25, -0.2) is 15.0 Å². The summed E-state index contributed by atoms with van der Waals surface area (Å²) in [7, 11) is 1.68. The number of methoxy groups -OCH3 is 1. The van der Waals surface area contributed by atoms with E-state index in [1.165, 1.54) is 36.5 Å². The van der Waals surface area contributed by atoms with Gasteiger partial charge in [-0.15, -0.1) is 0 Å². The first-order chi connectivity index (χ1) is 11.8. The highest BCUT2D eigenvalue weighted by atomic mass is 32.1. The Labute approximate surface area is 144 Å². The lowest BCUT2D eigenvalue weighted by Crippen LogP contribution is -2.69. The molecule has 5 heterocycles. The van der Waals surface area contributed by atoms with Crippen molar-refractivity contribution in [2.75, 3.05) is 30.0 Å². The second-order valence-corrected chi connectivity index (χ2v) is 7.59. The summed E-state index contributed by atoms with van der Waals surface area (Å²) in [6.45, 7) is 2.48. The van der Waals surface area contributed by atoms with Gasteiger partial charge in [-0.3, -0.25) is 0 Å². The van der Waals surface area contributed by atoms with Crippen LogP contribution in [0.3, 0.4) is 0 Å². The zero-order valence-corrected chi connectivity index (χ0v) is 14.4. The molecule has 8 heteroatoms. The molecule has 0 radical (unpaired) electrons. The summed E-state index contributed by atoms with van der Waals surface area (Å²) in [4.78, 5) is 18.4. The molecule has 2 aromatic heterocycles. The van der Waals surface area contributed by atoms with Gasteiger partial charge in [-0.05, 0) is 19.3 Å². The lowest BCUT2D eigenvalue weighted by molar-refractivity contribution is 0.178. The zero-order chi connectivity index (χ0) is 16.1. The highest BCUT2D eigenvalue weighted by Gasteiger charge is 2.46. The van der Waals surface area contributed by atoms with E-state index >= 15 is 0 Å². The Morgan fingerprint density at radius 3 is 2.83 bits per heavy atom. The molecule has 2 bridgehead atoms. The van der Waals surface area contributed by atoms with Gasteiger partial charge in [0, 0.05) is 49.4 Å². The summed E-state index contributed by atoms with van der Waals surface area (Å²) in [5.41, 5.74) is 1.21. The van der Waals surface area contributed by atoms with Crippen LogP contribution in [-0.2, 0) is 11.3 Å². The van der Waals surface area contributed by atoms with Crippen LogP contribution in [0.4, 0.5) is 10.9 Å². The van der Waals surface area contributed by atoms with Crippen molar-refractivity contribution in [2.24, 2.45) is 0 Å². The second-order valence-electron chi connectivity index (χ2n) is 6.86. The van der Waals surface area contributed by atoms with E-state index in [-0.39, 0.29) is 0 Å². The maximum atomic E-state index is 5.12. The van der Waals surface area contributed by atoms with Crippen LogP contribution in [0, 0.1) is 0 Å². The Balaban J connectivity index is 1.30. The molecule has 0 spiro atoms. The molecule has 4 aliphatic rings. The first-order valence-corrected chi connectivity index (χ1v) is 9.26. The molecule has 6 rings (SSSR count). The van der Waals surface area contributed by atoms with Gasteiger partial charge in [0.25, 0.3) is 0 Å². The van der Waals surface area contributed by atoms with Gasteiger partial charge < -0.3 is 14.5 Å². The third-order valence-electron chi connectivity index (χ3n) is 5.14. The van der Waals surface area contributed by atoms with E-state index in [2.05, 4.69) is 35.2 Å². The predicted molar refractivity (Wildman–Crippen MR) is 91.5 cm³/mol. The normalized spacial score (nSPS) is 25.7. The van der Waals surface area contributed by atoms with E-state index in [0.717, 1.165) is 29.9 Å². The molecule has 0 N–H and O–H groups in total. The maximum Gasteiger partial charge on any atom is 0.205 e. The van der Waals surface area contributed by atoms with Crippen LogP contribution in [0.15, 0.2) is 12.4 Å². The molecule has 1 aliphatic carbocycles. The molecule has 3 aliphatic heterocycles. The van der Waals surface area contributed by atoms with Crippen molar-refractivity contribution in [1.82, 2.24) is 19.3 Å². The van der Waals surface area contributed by atoms with Crippen LogP contribution >= 0.6 is 11.5 Å². The predicted octanol–water partition coefficient (Wildman–Crippen LogP) is 1.82. The number of hydrogen-bond acceptors (Lipinski definition) is 8. The molecule has 2 atom stereocenters. The number of piperazine rings is 1. The van der Waals surface area contributed by atoms with Crippen molar-refractivity contribution in [1.29, 1.82) is 0 Å². The number of nitrogens with zero attached hydrogens (tertiary/aromatic N) is 6. The number of ether oxygens (including phenoxy) is 1. The Morgan fingerprint density at radius 1 is 1.25 bits per heavy atom. The SMILES string of the molecule is COCc1nsc(N2C3CC2CN(c2cc(C4CC4)ncn2)C3)n1. The Hall–Kier alpha value is -1.80. The third kappa shape index (κ3) is 2.44. The molecular weight excluding hydrogens is 324 g/mol. The topological polar surface area (TPSA) is 67.3 Å². The number of piperidine rings is 1. The fourth-order valence-electron chi connectivity index (χ4n) is 3.78. The number of hydrogen-bond donors (Lipinski definition) is 0. The molecular formula is C16H20N6OS. The van der Waals surface area contributed by atoms with Crippen molar-refractivity contribution < 1.29 is 4.74 Å². The quantitative estimate of drug-likeness (QED) is 0.819. The number of aromatic nitrogens is 4. The highest BCUT2D eigenvalue weighted by molar-refractivity contribution is 7.09. The minimum atomic E-state index is 0.483. The Bertz CT molecular complexity index is 736. The van der Waals surface area contributed by atoms with Crippen molar-refractivity contribution in [3.63, 3.8) is 0 Å². The lowest BCUT2D eigenvalue weighted by atomic mass is 9.88. The summed E-state index contributed by atoms with van der Waals surface area (Å²) in [5, 5.41) is 1.03. The maximum absolute atomic E-state index is 5.12. The minimum Gasteiger partial charge on any atom is -0.377 e. The van der Waals surface area contributed by atoms with Crippen LogP contribution in [0.1, 0.15) is 36.7 Å². The average Bonchev–Trinajstić information content (AvgIpc) is 3.37. The van der Waals surface area contributed by atoms with Gasteiger partial charge in [-0.2, -0.15) is 4.37 Å². The van der Waals surface area contributed by atoms with Crippen LogP contribution in [0.5, 0.6) is 0 Å². The molecule has 2 unspecified atom stereocenters. The summed E-state index contributed by atoms with van der Waals surface area (Å²) < 4.78 is 9.50. The van der Waals surface area contributed by atoms with Gasteiger partial charge in [0.1, 0.15) is 18.8 Å². The Morgan fingerprint density at radius 2 is 2.08 bits per heavy atom. The molecule has 4 fully saturated rings. The molecule has 0 amide bonds. The fourth-order valence-corrected chi connectivity index (χ4v) is 4.60. The summed E-state index contributed by atoms with van der Waals surface area (Å²) in [6, 6.07) is 3.20. The van der Waals surface area contributed by atoms with E-state index in [0.29, 0.717) is 24.6 Å². The van der Waals surface area contributed by atoms with E-state index < -0.39 is 0 Å². The molecule has 1 saturated carbocycles. The van der Waals surface area contributed by atoms with Crippen LogP contribution < -0.4 is 9.80 Å². The lowest BCUT2D eigenvalue weighted by Gasteiger charge is -2.56. The number of rotatable bonds is 5. The van der Waals surface area contributed by atoms with Gasteiger partial charge in [0.2, 0.25) is 5.13 Å². The van der Waals surface area contributed by atoms with Gasteiger partial charge in [-0.1, -0.05) is 0 Å². The van der Waals surface area contributed by atoms with E-state index in [9.17, 15) is 0 Å². The summed E-state index contributed by atoms with van der Waals surface area (Å²) in [5.74, 6) is 2.53. The summed E-state index contributed by atoms with van der Waals surface area (Å²) in [6.07, 6.45) is 5.51. The minimum absolute atomic E-state index is 0.483. The van der Waals surface area contributed by atoms with E-state index in [4.69, 9.17) is 4.74 Å². The zero-order valence-electron chi connectivity index (χ0n) is 13.6. The van der Waals surface area contributed by atoms with Crippen molar-refractivity contribution in [3.05, 3.63) is 23.9 Å². The molecule has 0 aromatic carbocycles. The standard InChI is InChI=1S/C16H20N6OS/c1-23-8-14-19-16(24-20-14)22-11-4-12(22)7-21(6-11)15-5-13(10-2-3-10)17-9-18-15/h5,9-12H,2-4,6-8H2,1H3. The molecule has 24 heavy (non-hydrogen) atoms. The highest BCUT2D eigenvalue weighted by Crippen LogP contribution is 2.41. The van der Waals surface area contributed by atoms with E-state index in [1.54, 1.807) is 13.4 Å². The van der Waals surface area contributed by atoms with Crippen molar-refractivity contribution in [3.8, 4) is 0 Å². The van der Waals surface area contributed by atoms with Crippen LogP contribution in [-0.4, -0.2) is 51.6 Å². The number of fused-ring (bicyclic) bond motifs is 2. The fraction of sp³-hybridized carbons (Fsp3) is 0.625. The van der Waals surface area contributed by atoms with Crippen LogP contribution in [0.2, 0.25) is 0 Å². The number of anilines is 2. The molecule has 2 aromatic rings. The first kappa shape index (κ1) is 14.5. The largest absolute Gasteiger partial charge is 0.377 e. The van der Waals surface area contributed by atoms with Crippen molar-refractivity contribution in [2.45, 2.75) is 43.9 Å². The van der Waals surface area contributed by atoms with Crippen LogP contribution in [0.25, 0.3) is 0 Å². The van der Waals surface area contributed by atoms with Gasteiger partial charge in [0.15, 0.2) is 5.82 Å². The Kier molecular flexibility index (Phi) is 3.41. The monoisotopic (exact) mass is 344 g/mol. The summed E-state index contributed by atoms with van der Waals surface area (Å²) >= 11 is 1.48. The smallest absolute Gasteiger partial charge is 0.205 e. The van der Waals surface area contributed by atoms with Crippen molar-refractivity contribution >= 4 is 22.5 Å². The van der Waals surface area contributed by atoms with Gasteiger partial charge >= 0.3 is 0 Å². The third-order valence-corrected chi connectivity index (χ3v) is 5.91. The molecule has 3 saturated heterocycles. The second kappa shape index (κ2) is 5.63. The van der Waals surface area contributed by atoms with E-state index in [1.807, 2.05) is 0 Å². The average molecular weight is 344 g/mol.